The van der Waals surface area contributed by atoms with Gasteiger partial charge in [-0.2, -0.15) is 5.10 Å². The van der Waals surface area contributed by atoms with Gasteiger partial charge in [0.15, 0.2) is 0 Å². The average molecular weight is 331 g/mol. The van der Waals surface area contributed by atoms with E-state index in [0.717, 1.165) is 10.9 Å². The molecule has 0 unspecified atom stereocenters. The highest BCUT2D eigenvalue weighted by Crippen LogP contribution is 2.34. The van der Waals surface area contributed by atoms with Crippen LogP contribution in [0.1, 0.15) is 31.5 Å². The van der Waals surface area contributed by atoms with Crippen molar-refractivity contribution in [3.63, 3.8) is 0 Å². The van der Waals surface area contributed by atoms with Crippen molar-refractivity contribution < 1.29 is 4.79 Å². The Labute approximate surface area is 140 Å². The number of rotatable bonds is 5. The van der Waals surface area contributed by atoms with Crippen molar-refractivity contribution in [1.82, 2.24) is 20.1 Å². The van der Waals surface area contributed by atoms with Crippen LogP contribution in [0.15, 0.2) is 35.5 Å². The lowest BCUT2D eigenvalue weighted by atomic mass is 10.3. The number of anilines is 1. The number of nitrogens with one attached hydrogen (secondary N) is 2. The van der Waals surface area contributed by atoms with Gasteiger partial charge in [-0.1, -0.05) is 12.8 Å². The zero-order chi connectivity index (χ0) is 16.1. The number of nitrogens with zero attached hydrogens (tertiary/aromatic N) is 3. The van der Waals surface area contributed by atoms with Gasteiger partial charge in [0.1, 0.15) is 12.2 Å². The topological polar surface area (TPSA) is 71.8 Å². The Bertz CT molecular complexity index is 649. The maximum atomic E-state index is 11.9. The maximum absolute atomic E-state index is 11.9. The standard InChI is InChI=1S/C16H21N5OS/c1-21-15(18-11-19-21)10-17-16(22)20-12-6-8-14(9-7-12)23-13-4-2-3-5-13/h6-9,11,13H,2-5,10H2,1H3,(H2,17,20,22). The van der Waals surface area contributed by atoms with Crippen LogP contribution in [-0.2, 0) is 13.6 Å². The van der Waals surface area contributed by atoms with E-state index in [4.69, 9.17) is 0 Å². The summed E-state index contributed by atoms with van der Waals surface area (Å²) in [4.78, 5) is 17.2. The predicted octanol–water partition coefficient (Wildman–Crippen LogP) is 3.17. The molecule has 0 aliphatic heterocycles. The van der Waals surface area contributed by atoms with E-state index in [1.807, 2.05) is 23.9 Å². The highest BCUT2D eigenvalue weighted by atomic mass is 32.2. The van der Waals surface area contributed by atoms with Crippen LogP contribution in [0.5, 0.6) is 0 Å². The molecule has 0 saturated heterocycles. The van der Waals surface area contributed by atoms with E-state index >= 15 is 0 Å². The third-order valence-corrected chi connectivity index (χ3v) is 5.28. The summed E-state index contributed by atoms with van der Waals surface area (Å²) in [5.74, 6) is 0.712. The molecule has 2 amide bonds. The predicted molar refractivity (Wildman–Crippen MR) is 91.4 cm³/mol. The first kappa shape index (κ1) is 15.9. The fourth-order valence-electron chi connectivity index (χ4n) is 2.63. The molecule has 0 bridgehead atoms. The van der Waals surface area contributed by atoms with E-state index in [0.29, 0.717) is 12.4 Å². The van der Waals surface area contributed by atoms with Crippen molar-refractivity contribution in [3.05, 3.63) is 36.4 Å². The van der Waals surface area contributed by atoms with Gasteiger partial charge in [-0.3, -0.25) is 4.68 Å². The van der Waals surface area contributed by atoms with Crippen molar-refractivity contribution >= 4 is 23.5 Å². The smallest absolute Gasteiger partial charge is 0.319 e. The Balaban J connectivity index is 1.47. The SMILES string of the molecule is Cn1ncnc1CNC(=O)Nc1ccc(SC2CCCC2)cc1. The van der Waals surface area contributed by atoms with E-state index in [-0.39, 0.29) is 6.03 Å². The highest BCUT2D eigenvalue weighted by Gasteiger charge is 2.15. The minimum atomic E-state index is -0.246. The summed E-state index contributed by atoms with van der Waals surface area (Å²) >= 11 is 1.94. The van der Waals surface area contributed by atoms with E-state index in [1.54, 1.807) is 11.7 Å². The van der Waals surface area contributed by atoms with Crippen LogP contribution < -0.4 is 10.6 Å². The van der Waals surface area contributed by atoms with Crippen LogP contribution in [0.25, 0.3) is 0 Å². The molecule has 1 heterocycles. The minimum Gasteiger partial charge on any atom is -0.331 e. The number of carbonyl (C=O) groups excluding carboxylic acids is 1. The summed E-state index contributed by atoms with van der Waals surface area (Å²) in [5.41, 5.74) is 0.788. The largest absolute Gasteiger partial charge is 0.331 e. The molecule has 0 spiro atoms. The van der Waals surface area contributed by atoms with E-state index in [2.05, 4.69) is 32.8 Å². The number of carbonyl (C=O) groups is 1. The second-order valence-electron chi connectivity index (χ2n) is 5.66. The van der Waals surface area contributed by atoms with Crippen molar-refractivity contribution in [2.24, 2.45) is 7.05 Å². The number of aryl methyl sites for hydroxylation is 1. The zero-order valence-electron chi connectivity index (χ0n) is 13.2. The molecule has 3 rings (SSSR count). The first-order chi connectivity index (χ1) is 11.2. The quantitative estimate of drug-likeness (QED) is 0.883. The van der Waals surface area contributed by atoms with Crippen LogP contribution in [0, 0.1) is 0 Å². The molecule has 2 aromatic rings. The Hall–Kier alpha value is -2.02. The number of benzene rings is 1. The van der Waals surface area contributed by atoms with Gasteiger partial charge in [0.05, 0.1) is 6.54 Å². The highest BCUT2D eigenvalue weighted by molar-refractivity contribution is 8.00. The lowest BCUT2D eigenvalue weighted by Crippen LogP contribution is -2.29. The van der Waals surface area contributed by atoms with Crippen LogP contribution in [0.4, 0.5) is 10.5 Å². The van der Waals surface area contributed by atoms with Gasteiger partial charge in [-0.05, 0) is 37.1 Å². The molecule has 122 valence electrons. The summed E-state index contributed by atoms with van der Waals surface area (Å²) in [5, 5.41) is 10.3. The molecular weight excluding hydrogens is 310 g/mol. The molecule has 1 saturated carbocycles. The number of hydrogen-bond donors (Lipinski definition) is 2. The third kappa shape index (κ3) is 4.48. The molecular formula is C16H21N5OS. The van der Waals surface area contributed by atoms with E-state index in [9.17, 15) is 4.79 Å². The van der Waals surface area contributed by atoms with Crippen LogP contribution in [0.3, 0.4) is 0 Å². The van der Waals surface area contributed by atoms with Gasteiger partial charge in [0, 0.05) is 22.9 Å². The second kappa shape index (κ2) is 7.50. The third-order valence-electron chi connectivity index (χ3n) is 3.93. The summed E-state index contributed by atoms with van der Waals surface area (Å²) in [6.45, 7) is 0.345. The lowest BCUT2D eigenvalue weighted by molar-refractivity contribution is 0.251. The van der Waals surface area contributed by atoms with Crippen molar-refractivity contribution in [2.75, 3.05) is 5.32 Å². The molecule has 6 nitrogen and oxygen atoms in total. The van der Waals surface area contributed by atoms with Gasteiger partial charge < -0.3 is 10.6 Å². The number of thioether (sulfide) groups is 1. The van der Waals surface area contributed by atoms with Crippen molar-refractivity contribution in [2.45, 2.75) is 42.4 Å². The van der Waals surface area contributed by atoms with E-state index in [1.165, 1.54) is 36.9 Å². The van der Waals surface area contributed by atoms with Crippen molar-refractivity contribution in [1.29, 1.82) is 0 Å². The second-order valence-corrected chi connectivity index (χ2v) is 7.03. The fourth-order valence-corrected chi connectivity index (χ4v) is 3.88. The molecule has 1 aromatic heterocycles. The van der Waals surface area contributed by atoms with Gasteiger partial charge in [-0.25, -0.2) is 9.78 Å². The molecule has 7 heteroatoms. The molecule has 0 radical (unpaired) electrons. The Kier molecular flexibility index (Phi) is 5.17. The molecule has 1 aromatic carbocycles. The molecule has 0 atom stereocenters. The van der Waals surface area contributed by atoms with Crippen LogP contribution in [-0.4, -0.2) is 26.0 Å². The molecule has 1 aliphatic carbocycles. The summed E-state index contributed by atoms with van der Waals surface area (Å²) in [7, 11) is 1.79. The molecule has 2 N–H and O–H groups in total. The maximum Gasteiger partial charge on any atom is 0.319 e. The lowest BCUT2D eigenvalue weighted by Gasteiger charge is -2.10. The van der Waals surface area contributed by atoms with Crippen LogP contribution >= 0.6 is 11.8 Å². The first-order valence-corrected chi connectivity index (χ1v) is 8.73. The van der Waals surface area contributed by atoms with Crippen molar-refractivity contribution in [3.8, 4) is 0 Å². The summed E-state index contributed by atoms with van der Waals surface area (Å²) in [6.07, 6.45) is 6.80. The monoisotopic (exact) mass is 331 g/mol. The Morgan fingerprint density at radius 2 is 2.04 bits per heavy atom. The summed E-state index contributed by atoms with van der Waals surface area (Å²) in [6, 6.07) is 7.78. The van der Waals surface area contributed by atoms with E-state index < -0.39 is 0 Å². The number of aromatic nitrogens is 3. The molecule has 1 aliphatic rings. The molecule has 23 heavy (non-hydrogen) atoms. The fraction of sp³-hybridized carbons (Fsp3) is 0.438. The van der Waals surface area contributed by atoms with Crippen LogP contribution in [0.2, 0.25) is 0 Å². The van der Waals surface area contributed by atoms with Gasteiger partial charge >= 0.3 is 6.03 Å². The van der Waals surface area contributed by atoms with Gasteiger partial charge in [-0.15, -0.1) is 11.8 Å². The minimum absolute atomic E-state index is 0.246. The zero-order valence-corrected chi connectivity index (χ0v) is 14.0. The average Bonchev–Trinajstić information content (AvgIpc) is 3.19. The van der Waals surface area contributed by atoms with Gasteiger partial charge in [0.2, 0.25) is 0 Å². The Morgan fingerprint density at radius 1 is 1.30 bits per heavy atom. The number of amides is 2. The normalized spacial score (nSPS) is 14.8. The first-order valence-electron chi connectivity index (χ1n) is 7.85. The Morgan fingerprint density at radius 3 is 2.70 bits per heavy atom. The number of urea groups is 1. The van der Waals surface area contributed by atoms with Gasteiger partial charge in [0.25, 0.3) is 0 Å². The number of hydrogen-bond acceptors (Lipinski definition) is 4. The molecule has 1 fully saturated rings. The summed E-state index contributed by atoms with van der Waals surface area (Å²) < 4.78 is 1.63.